The third-order valence-electron chi connectivity index (χ3n) is 12.1. The van der Waals surface area contributed by atoms with Crippen molar-refractivity contribution in [2.24, 2.45) is 29.1 Å². The third-order valence-corrected chi connectivity index (χ3v) is 12.1. The molecule has 5 aliphatic rings. The number of methoxy groups -OCH3 is 1. The van der Waals surface area contributed by atoms with Crippen LogP contribution in [0.4, 0.5) is 13.6 Å². The zero-order valence-corrected chi connectivity index (χ0v) is 29.3. The first-order valence-corrected chi connectivity index (χ1v) is 18.2. The zero-order valence-electron chi connectivity index (χ0n) is 29.3. The second-order valence-electron chi connectivity index (χ2n) is 15.3. The van der Waals surface area contributed by atoms with E-state index in [1.54, 1.807) is 18.2 Å². The van der Waals surface area contributed by atoms with Crippen LogP contribution >= 0.6 is 0 Å². The summed E-state index contributed by atoms with van der Waals surface area (Å²) in [5.74, 6) is -3.45. The molecular formula is C37H48F2N4O7. The van der Waals surface area contributed by atoms with Crippen molar-refractivity contribution in [3.8, 4) is 11.6 Å². The summed E-state index contributed by atoms with van der Waals surface area (Å²) in [5, 5.41) is 2.96. The molecule has 1 aromatic carbocycles. The van der Waals surface area contributed by atoms with Gasteiger partial charge in [-0.25, -0.2) is 14.8 Å². The first-order valence-electron chi connectivity index (χ1n) is 18.2. The van der Waals surface area contributed by atoms with Crippen LogP contribution in [-0.4, -0.2) is 83.8 Å². The quantitative estimate of drug-likeness (QED) is 0.421. The molecule has 2 aliphatic carbocycles. The van der Waals surface area contributed by atoms with Crippen molar-refractivity contribution < 1.29 is 42.1 Å². The molecular weight excluding hydrogens is 650 g/mol. The molecule has 2 bridgehead atoms. The average Bonchev–Trinajstić information content (AvgIpc) is 3.62. The lowest BCUT2D eigenvalue weighted by atomic mass is 9.75. The van der Waals surface area contributed by atoms with Gasteiger partial charge in [0.15, 0.2) is 11.5 Å². The molecule has 4 heterocycles. The Morgan fingerprint density at radius 3 is 2.54 bits per heavy atom. The van der Waals surface area contributed by atoms with Gasteiger partial charge in [-0.2, -0.15) is 8.78 Å². The van der Waals surface area contributed by atoms with Crippen LogP contribution in [-0.2, 0) is 25.0 Å². The lowest BCUT2D eigenvalue weighted by Crippen LogP contribution is -2.59. The van der Waals surface area contributed by atoms with E-state index < -0.39 is 59.6 Å². The fourth-order valence-electron chi connectivity index (χ4n) is 9.16. The highest BCUT2D eigenvalue weighted by molar-refractivity contribution is 5.92. The number of hydrogen-bond acceptors (Lipinski definition) is 9. The van der Waals surface area contributed by atoms with Crippen molar-refractivity contribution in [1.82, 2.24) is 20.2 Å². The average molecular weight is 699 g/mol. The van der Waals surface area contributed by atoms with E-state index in [4.69, 9.17) is 18.9 Å². The SMILES string of the molecule is CC[C@@H]1[C@@H]2CN(C(=O)[C@H](C3(C)CCOCC3)NC(=O)O[C@@H]3CC4CC4[C@H]3CCCCC(F)(F)c3nc4ccc(OC)cc4nc3O2)[C@@H]1C(C)=O. The van der Waals surface area contributed by atoms with E-state index in [0.29, 0.717) is 68.4 Å². The number of fused-ring (bicyclic) bond motifs is 7. The number of benzene rings is 1. The molecule has 4 fully saturated rings. The number of carbonyl (C=O) groups excluding carboxylic acids is 3. The summed E-state index contributed by atoms with van der Waals surface area (Å²) in [7, 11) is 1.51. The van der Waals surface area contributed by atoms with Crippen LogP contribution in [0.1, 0.15) is 84.3 Å². The predicted octanol–water partition coefficient (Wildman–Crippen LogP) is 5.81. The molecule has 272 valence electrons. The summed E-state index contributed by atoms with van der Waals surface area (Å²) in [4.78, 5) is 52.2. The second kappa shape index (κ2) is 13.5. The van der Waals surface area contributed by atoms with Gasteiger partial charge in [-0.15, -0.1) is 0 Å². The Labute approximate surface area is 291 Å². The summed E-state index contributed by atoms with van der Waals surface area (Å²) in [5.41, 5.74) is -0.628. The molecule has 7 rings (SSSR count). The first-order chi connectivity index (χ1) is 23.9. The Balaban J connectivity index is 1.30. The maximum Gasteiger partial charge on any atom is 0.408 e. The van der Waals surface area contributed by atoms with Crippen LogP contribution in [0.15, 0.2) is 18.2 Å². The maximum atomic E-state index is 16.3. The minimum absolute atomic E-state index is 0.0572. The molecule has 0 radical (unpaired) electrons. The number of carbonyl (C=O) groups is 3. The Bertz CT molecular complexity index is 1630. The first kappa shape index (κ1) is 34.8. The van der Waals surface area contributed by atoms with Crippen LogP contribution in [0.2, 0.25) is 0 Å². The molecule has 2 saturated carbocycles. The fourth-order valence-corrected chi connectivity index (χ4v) is 9.16. The molecule has 2 amide bonds. The van der Waals surface area contributed by atoms with Gasteiger partial charge < -0.3 is 29.2 Å². The van der Waals surface area contributed by atoms with Crippen molar-refractivity contribution in [2.75, 3.05) is 26.9 Å². The van der Waals surface area contributed by atoms with Gasteiger partial charge >= 0.3 is 6.09 Å². The standard InChI is InChI=1S/C37H48F2N4O7/c1-5-23-29-19-43(30(23)20(2)44)34(45)32(36(3)12-14-48-15-13-36)42-35(46)50-28-17-21-16-25(21)24(28)8-6-7-11-37(38,39)31-33(49-29)41-27-18-22(47-4)9-10-26(27)40-31/h9-10,18,21,23-25,28-30,32H,5-8,11-17,19H2,1-4H3,(H,42,46)/t21?,23-,24-,25?,28-,29+,30-,32-/m1/s1. The normalized spacial score (nSPS) is 33.8. The fraction of sp³-hybridized carbons (Fsp3) is 0.703. The number of Topliss-reactive ketones (excluding diaryl/α,β-unsaturated/α-hetero) is 1. The van der Waals surface area contributed by atoms with Gasteiger partial charge in [-0.1, -0.05) is 20.3 Å². The van der Waals surface area contributed by atoms with Crippen LogP contribution in [0.25, 0.3) is 11.0 Å². The number of alkyl carbamates (subject to hydrolysis) is 1. The van der Waals surface area contributed by atoms with Gasteiger partial charge in [0, 0.05) is 37.0 Å². The van der Waals surface area contributed by atoms with Gasteiger partial charge in [0.1, 0.15) is 24.0 Å². The predicted molar refractivity (Wildman–Crippen MR) is 178 cm³/mol. The number of rotatable bonds is 4. The molecule has 11 nitrogen and oxygen atoms in total. The monoisotopic (exact) mass is 698 g/mol. The number of ether oxygens (including phenoxy) is 4. The van der Waals surface area contributed by atoms with Gasteiger partial charge in [0.2, 0.25) is 11.8 Å². The smallest absolute Gasteiger partial charge is 0.408 e. The van der Waals surface area contributed by atoms with Crippen LogP contribution < -0.4 is 14.8 Å². The molecule has 2 aromatic rings. The second-order valence-corrected chi connectivity index (χ2v) is 15.3. The number of nitrogens with one attached hydrogen (secondary N) is 1. The van der Waals surface area contributed by atoms with Crippen LogP contribution in [0.3, 0.4) is 0 Å². The van der Waals surface area contributed by atoms with E-state index in [1.165, 1.54) is 18.9 Å². The van der Waals surface area contributed by atoms with E-state index in [0.717, 1.165) is 12.8 Å². The Morgan fingerprint density at radius 2 is 1.82 bits per heavy atom. The topological polar surface area (TPSA) is 129 Å². The molecule has 3 aliphatic heterocycles. The summed E-state index contributed by atoms with van der Waals surface area (Å²) in [6, 6.07) is 2.96. The van der Waals surface area contributed by atoms with E-state index in [2.05, 4.69) is 15.3 Å². The minimum Gasteiger partial charge on any atom is -0.497 e. The van der Waals surface area contributed by atoms with Crippen molar-refractivity contribution >= 4 is 28.8 Å². The Hall–Kier alpha value is -3.61. The number of halogens is 2. The van der Waals surface area contributed by atoms with Gasteiger partial charge in [-0.05, 0) is 81.8 Å². The minimum atomic E-state index is -3.37. The highest BCUT2D eigenvalue weighted by atomic mass is 19.3. The molecule has 50 heavy (non-hydrogen) atoms. The van der Waals surface area contributed by atoms with Crippen LogP contribution in [0, 0.1) is 29.1 Å². The number of amides is 2. The lowest BCUT2D eigenvalue weighted by Gasteiger charge is -2.42. The molecule has 0 spiro atoms. The number of nitrogens with zero attached hydrogens (tertiary/aromatic N) is 3. The van der Waals surface area contributed by atoms with E-state index in [-0.39, 0.29) is 42.2 Å². The van der Waals surface area contributed by atoms with E-state index >= 15 is 8.78 Å². The zero-order chi connectivity index (χ0) is 35.4. The highest BCUT2D eigenvalue weighted by Crippen LogP contribution is 2.58. The Morgan fingerprint density at radius 1 is 1.04 bits per heavy atom. The maximum absolute atomic E-state index is 16.3. The number of alkyl halides is 2. The molecule has 1 N–H and O–H groups in total. The molecule has 2 unspecified atom stereocenters. The summed E-state index contributed by atoms with van der Waals surface area (Å²) >= 11 is 0. The summed E-state index contributed by atoms with van der Waals surface area (Å²) in [6.07, 6.45) is 2.38. The number of aromatic nitrogens is 2. The summed E-state index contributed by atoms with van der Waals surface area (Å²) in [6.45, 7) is 6.04. The molecule has 2 saturated heterocycles. The van der Waals surface area contributed by atoms with Gasteiger partial charge in [0.05, 0.1) is 30.7 Å². The molecule has 8 atom stereocenters. The molecule has 1 aromatic heterocycles. The van der Waals surface area contributed by atoms with Crippen molar-refractivity contribution in [1.29, 1.82) is 0 Å². The number of ketones is 1. The van der Waals surface area contributed by atoms with Crippen molar-refractivity contribution in [3.63, 3.8) is 0 Å². The Kier molecular flexibility index (Phi) is 9.40. The van der Waals surface area contributed by atoms with Crippen molar-refractivity contribution in [2.45, 2.75) is 109 Å². The van der Waals surface area contributed by atoms with Crippen LogP contribution in [0.5, 0.6) is 11.6 Å². The van der Waals surface area contributed by atoms with E-state index in [1.807, 2.05) is 13.8 Å². The largest absolute Gasteiger partial charge is 0.497 e. The van der Waals surface area contributed by atoms with Crippen molar-refractivity contribution in [3.05, 3.63) is 23.9 Å². The van der Waals surface area contributed by atoms with Gasteiger partial charge in [-0.3, -0.25) is 9.59 Å². The third kappa shape index (κ3) is 6.50. The highest BCUT2D eigenvalue weighted by Gasteiger charge is 2.56. The lowest BCUT2D eigenvalue weighted by molar-refractivity contribution is -0.143. The van der Waals surface area contributed by atoms with E-state index in [9.17, 15) is 14.4 Å². The van der Waals surface area contributed by atoms with Gasteiger partial charge in [0.25, 0.3) is 5.92 Å². The molecule has 13 heteroatoms. The summed E-state index contributed by atoms with van der Waals surface area (Å²) < 4.78 is 56.0. The number of hydrogen-bond donors (Lipinski definition) is 1.